The van der Waals surface area contributed by atoms with Crippen molar-refractivity contribution in [2.45, 2.75) is 6.92 Å². The third-order valence-corrected chi connectivity index (χ3v) is 2.97. The van der Waals surface area contributed by atoms with E-state index >= 15 is 0 Å². The van der Waals surface area contributed by atoms with E-state index in [-0.39, 0.29) is 0 Å². The van der Waals surface area contributed by atoms with Crippen molar-refractivity contribution in [2.24, 2.45) is 0 Å². The lowest BCUT2D eigenvalue weighted by Gasteiger charge is -2.04. The van der Waals surface area contributed by atoms with Gasteiger partial charge in [-0.05, 0) is 13.0 Å². The first-order valence-electron chi connectivity index (χ1n) is 6.52. The first kappa shape index (κ1) is 12.4. The van der Waals surface area contributed by atoms with Crippen LogP contribution in [0.5, 0.6) is 5.88 Å². The van der Waals surface area contributed by atoms with Crippen molar-refractivity contribution < 1.29 is 4.74 Å². The lowest BCUT2D eigenvalue weighted by Crippen LogP contribution is -2.00. The molecule has 20 heavy (non-hydrogen) atoms. The molecule has 0 aliphatic heterocycles. The van der Waals surface area contributed by atoms with E-state index in [1.165, 1.54) is 0 Å². The van der Waals surface area contributed by atoms with Gasteiger partial charge in [-0.2, -0.15) is 0 Å². The number of fused-ring (bicyclic) bond motifs is 1. The van der Waals surface area contributed by atoms with E-state index in [0.29, 0.717) is 12.5 Å². The predicted molar refractivity (Wildman–Crippen MR) is 78.7 cm³/mol. The minimum atomic E-state index is 0.518. The Hall–Kier alpha value is -2.62. The normalized spacial score (nSPS) is 11.2. The average Bonchev–Trinajstić information content (AvgIpc) is 2.91. The number of hydrogen-bond acceptors (Lipinski definition) is 3. The van der Waals surface area contributed by atoms with Crippen LogP contribution >= 0.6 is 0 Å². The average molecular weight is 265 g/mol. The molecular weight excluding hydrogens is 250 g/mol. The van der Waals surface area contributed by atoms with E-state index in [2.05, 4.69) is 10.1 Å². The van der Waals surface area contributed by atoms with E-state index < -0.39 is 0 Å². The summed E-state index contributed by atoms with van der Waals surface area (Å²) in [6.07, 6.45) is 5.72. The molecule has 1 aromatic carbocycles. The zero-order valence-corrected chi connectivity index (χ0v) is 11.2. The van der Waals surface area contributed by atoms with Crippen molar-refractivity contribution in [3.05, 3.63) is 60.8 Å². The molecule has 0 aliphatic rings. The molecule has 0 atom stereocenters. The first-order valence-corrected chi connectivity index (χ1v) is 6.52. The standard InChI is InChI=1S/C16H15N3O/c1-2-3-11-20-16-10-9-15-17-12-14(19(15)18-16)13-7-5-4-6-8-13/h2-10,12H,11H2,1H3. The maximum Gasteiger partial charge on any atom is 0.232 e. The summed E-state index contributed by atoms with van der Waals surface area (Å²) in [5.74, 6) is 0.589. The predicted octanol–water partition coefficient (Wildman–Crippen LogP) is 3.35. The SMILES string of the molecule is CC=CCOc1ccc2ncc(-c3ccccc3)n2n1. The lowest BCUT2D eigenvalue weighted by molar-refractivity contribution is 0.342. The third-order valence-electron chi connectivity index (χ3n) is 2.97. The fourth-order valence-corrected chi connectivity index (χ4v) is 1.97. The van der Waals surface area contributed by atoms with Crippen molar-refractivity contribution in [3.63, 3.8) is 0 Å². The number of hydrogen-bond donors (Lipinski definition) is 0. The fraction of sp³-hybridized carbons (Fsp3) is 0.125. The molecule has 0 saturated heterocycles. The molecule has 3 rings (SSSR count). The second kappa shape index (κ2) is 5.57. The molecule has 3 aromatic rings. The number of benzene rings is 1. The lowest BCUT2D eigenvalue weighted by atomic mass is 10.2. The molecule has 2 heterocycles. The summed E-state index contributed by atoms with van der Waals surface area (Å²) in [6.45, 7) is 2.48. The molecule has 0 fully saturated rings. The Balaban J connectivity index is 2.00. The van der Waals surface area contributed by atoms with E-state index in [4.69, 9.17) is 4.74 Å². The number of rotatable bonds is 4. The Morgan fingerprint density at radius 1 is 1.15 bits per heavy atom. The number of imidazole rings is 1. The number of nitrogens with zero attached hydrogens (tertiary/aromatic N) is 3. The summed E-state index contributed by atoms with van der Waals surface area (Å²) in [7, 11) is 0. The van der Waals surface area contributed by atoms with Crippen LogP contribution in [-0.4, -0.2) is 21.2 Å². The molecule has 0 aliphatic carbocycles. The van der Waals surface area contributed by atoms with E-state index in [1.807, 2.05) is 67.7 Å². The molecule has 0 unspecified atom stereocenters. The van der Waals surface area contributed by atoms with Crippen molar-refractivity contribution >= 4 is 5.65 Å². The molecule has 2 aromatic heterocycles. The minimum Gasteiger partial charge on any atom is -0.472 e. The summed E-state index contributed by atoms with van der Waals surface area (Å²) in [5.41, 5.74) is 2.84. The van der Waals surface area contributed by atoms with Gasteiger partial charge < -0.3 is 4.74 Å². The summed E-state index contributed by atoms with van der Waals surface area (Å²) in [6, 6.07) is 13.8. The van der Waals surface area contributed by atoms with Crippen LogP contribution in [0.2, 0.25) is 0 Å². The summed E-state index contributed by atoms with van der Waals surface area (Å²) in [4.78, 5) is 4.36. The van der Waals surface area contributed by atoms with Gasteiger partial charge >= 0.3 is 0 Å². The molecule has 4 nitrogen and oxygen atoms in total. The zero-order valence-electron chi connectivity index (χ0n) is 11.2. The van der Waals surface area contributed by atoms with Crippen molar-refractivity contribution in [2.75, 3.05) is 6.61 Å². The molecule has 0 radical (unpaired) electrons. The zero-order chi connectivity index (χ0) is 13.8. The van der Waals surface area contributed by atoms with Crippen molar-refractivity contribution in [1.82, 2.24) is 14.6 Å². The largest absolute Gasteiger partial charge is 0.472 e. The van der Waals surface area contributed by atoms with Gasteiger partial charge in [0.1, 0.15) is 6.61 Å². The fourth-order valence-electron chi connectivity index (χ4n) is 1.97. The van der Waals surface area contributed by atoms with Gasteiger partial charge in [0.25, 0.3) is 0 Å². The van der Waals surface area contributed by atoms with E-state index in [9.17, 15) is 0 Å². The van der Waals surface area contributed by atoms with Gasteiger partial charge in [-0.1, -0.05) is 42.5 Å². The Morgan fingerprint density at radius 3 is 2.80 bits per heavy atom. The Labute approximate surface area is 117 Å². The number of aromatic nitrogens is 3. The second-order valence-electron chi connectivity index (χ2n) is 4.33. The highest BCUT2D eigenvalue weighted by Gasteiger charge is 2.07. The summed E-state index contributed by atoms with van der Waals surface area (Å²) in [5, 5.41) is 4.48. The Bertz CT molecular complexity index is 732. The van der Waals surface area contributed by atoms with Crippen molar-refractivity contribution in [3.8, 4) is 17.1 Å². The maximum atomic E-state index is 5.57. The molecule has 0 saturated carbocycles. The van der Waals surface area contributed by atoms with Gasteiger partial charge in [0.05, 0.1) is 11.9 Å². The number of allylic oxidation sites excluding steroid dienone is 1. The Kier molecular flexibility index (Phi) is 3.46. The van der Waals surface area contributed by atoms with Gasteiger partial charge in [-0.3, -0.25) is 0 Å². The molecule has 0 bridgehead atoms. The minimum absolute atomic E-state index is 0.518. The molecule has 100 valence electrons. The molecule has 4 heteroatoms. The maximum absolute atomic E-state index is 5.57. The van der Waals surface area contributed by atoms with E-state index in [1.54, 1.807) is 4.52 Å². The highest BCUT2D eigenvalue weighted by atomic mass is 16.5. The quantitative estimate of drug-likeness (QED) is 0.679. The van der Waals surface area contributed by atoms with Crippen molar-refractivity contribution in [1.29, 1.82) is 0 Å². The smallest absolute Gasteiger partial charge is 0.232 e. The van der Waals surface area contributed by atoms with Gasteiger partial charge in [0.15, 0.2) is 5.65 Å². The summed E-state index contributed by atoms with van der Waals surface area (Å²) >= 11 is 0. The number of ether oxygens (including phenoxy) is 1. The Morgan fingerprint density at radius 2 is 2.00 bits per heavy atom. The van der Waals surface area contributed by atoms with Crippen LogP contribution in [-0.2, 0) is 0 Å². The first-order chi connectivity index (χ1) is 9.88. The van der Waals surface area contributed by atoms with Gasteiger partial charge in [0.2, 0.25) is 5.88 Å². The molecule has 0 N–H and O–H groups in total. The van der Waals surface area contributed by atoms with Crippen LogP contribution in [0, 0.1) is 0 Å². The second-order valence-corrected chi connectivity index (χ2v) is 4.33. The van der Waals surface area contributed by atoms with Crippen LogP contribution in [0.3, 0.4) is 0 Å². The third kappa shape index (κ3) is 2.40. The van der Waals surface area contributed by atoms with Crippen LogP contribution in [0.1, 0.15) is 6.92 Å². The molecular formula is C16H15N3O. The van der Waals surface area contributed by atoms with E-state index in [0.717, 1.165) is 16.9 Å². The highest BCUT2D eigenvalue weighted by molar-refractivity contribution is 5.62. The van der Waals surface area contributed by atoms with Gasteiger partial charge in [0, 0.05) is 11.6 Å². The van der Waals surface area contributed by atoms with Crippen LogP contribution in [0.25, 0.3) is 16.9 Å². The van der Waals surface area contributed by atoms with Gasteiger partial charge in [-0.25, -0.2) is 9.50 Å². The highest BCUT2D eigenvalue weighted by Crippen LogP contribution is 2.20. The molecule has 0 spiro atoms. The summed E-state index contributed by atoms with van der Waals surface area (Å²) < 4.78 is 7.37. The van der Waals surface area contributed by atoms with Crippen LogP contribution < -0.4 is 4.74 Å². The monoisotopic (exact) mass is 265 g/mol. The van der Waals surface area contributed by atoms with Gasteiger partial charge in [-0.15, -0.1) is 5.10 Å². The topological polar surface area (TPSA) is 39.4 Å². The molecule has 0 amide bonds. The van der Waals surface area contributed by atoms with Crippen LogP contribution in [0.4, 0.5) is 0 Å². The van der Waals surface area contributed by atoms with Crippen LogP contribution in [0.15, 0.2) is 60.8 Å².